The number of nitrogens with zero attached hydrogens (tertiary/aromatic N) is 1. The van der Waals surface area contributed by atoms with Gasteiger partial charge in [-0.25, -0.2) is 0 Å². The molecule has 0 saturated heterocycles. The molecule has 0 saturated carbocycles. The molecular weight excluding hydrogens is 268 g/mol. The van der Waals surface area contributed by atoms with Crippen LogP contribution in [0.25, 0.3) is 0 Å². The summed E-state index contributed by atoms with van der Waals surface area (Å²) in [6.45, 7) is 4.18. The van der Waals surface area contributed by atoms with Gasteiger partial charge in [0.1, 0.15) is 0 Å². The standard InChI is InChI=1S/C17H21ClN2/c1-4-13-5-7-15(20-11-13)10-17(19-3)14-6-8-16(18)12(2)9-14/h5-9,11,17,19H,4,10H2,1-3H3. The minimum Gasteiger partial charge on any atom is -0.313 e. The van der Waals surface area contributed by atoms with E-state index in [1.54, 1.807) is 0 Å². The van der Waals surface area contributed by atoms with Crippen molar-refractivity contribution in [1.29, 1.82) is 0 Å². The molecule has 106 valence electrons. The van der Waals surface area contributed by atoms with Gasteiger partial charge < -0.3 is 5.32 Å². The normalized spacial score (nSPS) is 12.4. The average molecular weight is 289 g/mol. The second-order valence-corrected chi connectivity index (χ2v) is 5.47. The van der Waals surface area contributed by atoms with Crippen molar-refractivity contribution in [2.45, 2.75) is 32.7 Å². The molecule has 3 heteroatoms. The summed E-state index contributed by atoms with van der Waals surface area (Å²) in [5, 5.41) is 4.17. The number of pyridine rings is 1. The summed E-state index contributed by atoms with van der Waals surface area (Å²) in [4.78, 5) is 4.54. The second kappa shape index (κ2) is 6.87. The Hall–Kier alpha value is -1.38. The Kier molecular flexibility index (Phi) is 5.16. The van der Waals surface area contributed by atoms with Crippen LogP contribution in [0.3, 0.4) is 0 Å². The van der Waals surface area contributed by atoms with Crippen molar-refractivity contribution in [3.05, 3.63) is 63.9 Å². The van der Waals surface area contributed by atoms with Crippen LogP contribution in [0.5, 0.6) is 0 Å². The molecule has 0 aliphatic carbocycles. The monoisotopic (exact) mass is 288 g/mol. The Morgan fingerprint density at radius 2 is 2.05 bits per heavy atom. The third kappa shape index (κ3) is 3.59. The van der Waals surface area contributed by atoms with E-state index in [4.69, 9.17) is 11.6 Å². The zero-order valence-corrected chi connectivity index (χ0v) is 13.0. The molecule has 0 aliphatic heterocycles. The summed E-state index contributed by atoms with van der Waals surface area (Å²) in [7, 11) is 1.98. The van der Waals surface area contributed by atoms with E-state index in [-0.39, 0.29) is 6.04 Å². The average Bonchev–Trinajstić information content (AvgIpc) is 2.48. The smallest absolute Gasteiger partial charge is 0.0435 e. The Labute approximate surface area is 126 Å². The van der Waals surface area contributed by atoms with Gasteiger partial charge >= 0.3 is 0 Å². The molecule has 0 radical (unpaired) electrons. The number of halogens is 1. The molecule has 1 heterocycles. The second-order valence-electron chi connectivity index (χ2n) is 5.07. The van der Waals surface area contributed by atoms with Gasteiger partial charge in [-0.15, -0.1) is 0 Å². The van der Waals surface area contributed by atoms with E-state index >= 15 is 0 Å². The number of hydrogen-bond donors (Lipinski definition) is 1. The number of hydrogen-bond acceptors (Lipinski definition) is 2. The Bertz CT molecular complexity index is 564. The fourth-order valence-electron chi connectivity index (χ4n) is 2.27. The lowest BCUT2D eigenvalue weighted by molar-refractivity contribution is 0.584. The largest absolute Gasteiger partial charge is 0.313 e. The highest BCUT2D eigenvalue weighted by atomic mass is 35.5. The number of benzene rings is 1. The van der Waals surface area contributed by atoms with E-state index in [9.17, 15) is 0 Å². The van der Waals surface area contributed by atoms with Crippen molar-refractivity contribution in [1.82, 2.24) is 10.3 Å². The lowest BCUT2D eigenvalue weighted by atomic mass is 10.00. The molecule has 0 bridgehead atoms. The highest BCUT2D eigenvalue weighted by Crippen LogP contribution is 2.23. The van der Waals surface area contributed by atoms with Crippen LogP contribution in [-0.4, -0.2) is 12.0 Å². The van der Waals surface area contributed by atoms with Crippen LogP contribution in [0.1, 0.15) is 35.3 Å². The first-order valence-electron chi connectivity index (χ1n) is 7.01. The van der Waals surface area contributed by atoms with Crippen LogP contribution >= 0.6 is 11.6 Å². The van der Waals surface area contributed by atoms with Gasteiger partial charge in [0.15, 0.2) is 0 Å². The summed E-state index contributed by atoms with van der Waals surface area (Å²) >= 11 is 6.09. The highest BCUT2D eigenvalue weighted by molar-refractivity contribution is 6.31. The highest BCUT2D eigenvalue weighted by Gasteiger charge is 2.12. The molecule has 1 aromatic carbocycles. The Morgan fingerprint density at radius 3 is 2.60 bits per heavy atom. The summed E-state index contributed by atoms with van der Waals surface area (Å²) < 4.78 is 0. The summed E-state index contributed by atoms with van der Waals surface area (Å²) in [5.41, 5.74) is 4.74. The van der Waals surface area contributed by atoms with Gasteiger partial charge in [-0.1, -0.05) is 36.7 Å². The quantitative estimate of drug-likeness (QED) is 0.896. The predicted octanol–water partition coefficient (Wildman–Crippen LogP) is 4.11. The first kappa shape index (κ1) is 15.0. The summed E-state index contributed by atoms with van der Waals surface area (Å²) in [5.74, 6) is 0. The van der Waals surface area contributed by atoms with Crippen molar-refractivity contribution in [3.8, 4) is 0 Å². The minimum atomic E-state index is 0.256. The molecule has 2 nitrogen and oxygen atoms in total. The van der Waals surface area contributed by atoms with Crippen molar-refractivity contribution in [3.63, 3.8) is 0 Å². The van der Waals surface area contributed by atoms with Gasteiger partial charge in [0.25, 0.3) is 0 Å². The van der Waals surface area contributed by atoms with E-state index < -0.39 is 0 Å². The van der Waals surface area contributed by atoms with E-state index in [0.29, 0.717) is 0 Å². The van der Waals surface area contributed by atoms with Crippen LogP contribution in [0.2, 0.25) is 5.02 Å². The maximum absolute atomic E-state index is 6.09. The van der Waals surface area contributed by atoms with Crippen LogP contribution in [0.4, 0.5) is 0 Å². The third-order valence-electron chi connectivity index (χ3n) is 3.64. The molecule has 0 aliphatic rings. The number of nitrogens with one attached hydrogen (secondary N) is 1. The van der Waals surface area contributed by atoms with Crippen LogP contribution in [0, 0.1) is 6.92 Å². The SMILES string of the molecule is CCc1ccc(CC(NC)c2ccc(Cl)c(C)c2)nc1. The van der Waals surface area contributed by atoms with E-state index in [1.165, 1.54) is 11.1 Å². The number of rotatable bonds is 5. The molecule has 0 spiro atoms. The molecule has 1 N–H and O–H groups in total. The number of aromatic nitrogens is 1. The number of aryl methyl sites for hydroxylation is 2. The summed E-state index contributed by atoms with van der Waals surface area (Å²) in [6.07, 6.45) is 3.87. The lowest BCUT2D eigenvalue weighted by Gasteiger charge is -2.17. The predicted molar refractivity (Wildman–Crippen MR) is 85.3 cm³/mol. The molecular formula is C17H21ClN2. The molecule has 1 atom stereocenters. The fraction of sp³-hybridized carbons (Fsp3) is 0.353. The van der Waals surface area contributed by atoms with Gasteiger partial charge in [-0.3, -0.25) is 4.98 Å². The molecule has 20 heavy (non-hydrogen) atoms. The minimum absolute atomic E-state index is 0.256. The topological polar surface area (TPSA) is 24.9 Å². The van der Waals surface area contributed by atoms with Crippen LogP contribution in [0.15, 0.2) is 36.5 Å². The maximum atomic E-state index is 6.09. The Balaban J connectivity index is 2.16. The zero-order valence-electron chi connectivity index (χ0n) is 12.3. The molecule has 1 unspecified atom stereocenters. The van der Waals surface area contributed by atoms with Gasteiger partial charge in [0, 0.05) is 29.4 Å². The lowest BCUT2D eigenvalue weighted by Crippen LogP contribution is -2.19. The van der Waals surface area contributed by atoms with Gasteiger partial charge in [0.05, 0.1) is 0 Å². The summed E-state index contributed by atoms with van der Waals surface area (Å²) in [6, 6.07) is 10.7. The van der Waals surface area contributed by atoms with E-state index in [2.05, 4.69) is 41.5 Å². The first-order chi connectivity index (χ1) is 9.63. The van der Waals surface area contributed by atoms with Gasteiger partial charge in [-0.2, -0.15) is 0 Å². The molecule has 2 rings (SSSR count). The fourth-order valence-corrected chi connectivity index (χ4v) is 2.38. The van der Waals surface area contributed by atoms with E-state index in [1.807, 2.05) is 26.2 Å². The van der Waals surface area contributed by atoms with Crippen molar-refractivity contribution < 1.29 is 0 Å². The van der Waals surface area contributed by atoms with Gasteiger partial charge in [0.2, 0.25) is 0 Å². The van der Waals surface area contributed by atoms with E-state index in [0.717, 1.165) is 29.1 Å². The first-order valence-corrected chi connectivity index (χ1v) is 7.39. The van der Waals surface area contributed by atoms with Crippen molar-refractivity contribution >= 4 is 11.6 Å². The van der Waals surface area contributed by atoms with Crippen LogP contribution < -0.4 is 5.32 Å². The van der Waals surface area contributed by atoms with Crippen molar-refractivity contribution in [2.75, 3.05) is 7.05 Å². The zero-order chi connectivity index (χ0) is 14.5. The maximum Gasteiger partial charge on any atom is 0.0435 e. The van der Waals surface area contributed by atoms with Gasteiger partial charge in [-0.05, 0) is 49.2 Å². The molecule has 0 amide bonds. The molecule has 1 aromatic heterocycles. The number of likely N-dealkylation sites (N-methyl/N-ethyl adjacent to an activating group) is 1. The van der Waals surface area contributed by atoms with Crippen molar-refractivity contribution in [2.24, 2.45) is 0 Å². The molecule has 0 fully saturated rings. The third-order valence-corrected chi connectivity index (χ3v) is 4.06. The molecule has 2 aromatic rings. The Morgan fingerprint density at radius 1 is 1.25 bits per heavy atom. The van der Waals surface area contributed by atoms with Crippen LogP contribution in [-0.2, 0) is 12.8 Å².